The third-order valence-electron chi connectivity index (χ3n) is 3.93. The summed E-state index contributed by atoms with van der Waals surface area (Å²) in [6, 6.07) is 21.7. The van der Waals surface area contributed by atoms with Crippen molar-refractivity contribution in [1.29, 1.82) is 0 Å². The summed E-state index contributed by atoms with van der Waals surface area (Å²) in [6.45, 7) is 4.87. The molecule has 0 aliphatic heterocycles. The number of hydrogen-bond acceptors (Lipinski definition) is 2. The summed E-state index contributed by atoms with van der Waals surface area (Å²) in [5, 5.41) is 5.23. The number of hydrogen-bond donors (Lipinski definition) is 1. The van der Waals surface area contributed by atoms with Crippen LogP contribution in [-0.2, 0) is 11.2 Å². The van der Waals surface area contributed by atoms with E-state index in [0.717, 1.165) is 27.8 Å². The van der Waals surface area contributed by atoms with E-state index in [2.05, 4.69) is 37.4 Å². The second-order valence-electron chi connectivity index (χ2n) is 6.60. The summed E-state index contributed by atoms with van der Waals surface area (Å²) in [5.74, 6) is 1.21. The number of carbonyl (C=O) groups excluding carboxylic acids is 1. The zero-order valence-corrected chi connectivity index (χ0v) is 14.7. The molecule has 3 aromatic rings. The molecule has 0 saturated carbocycles. The van der Waals surface area contributed by atoms with E-state index in [-0.39, 0.29) is 5.91 Å². The van der Waals surface area contributed by atoms with E-state index in [1.165, 1.54) is 0 Å². The number of fused-ring (bicyclic) bond motifs is 1. The van der Waals surface area contributed by atoms with Gasteiger partial charge >= 0.3 is 0 Å². The largest absolute Gasteiger partial charge is 0.493 e. The third-order valence-corrected chi connectivity index (χ3v) is 3.93. The second kappa shape index (κ2) is 7.84. The van der Waals surface area contributed by atoms with Crippen molar-refractivity contribution >= 4 is 22.4 Å². The normalized spacial score (nSPS) is 10.8. The smallest absolute Gasteiger partial charge is 0.228 e. The zero-order valence-electron chi connectivity index (χ0n) is 14.7. The SMILES string of the molecule is CC(C)COc1cccc(NC(=O)Cc2cccc3ccccc23)c1. The van der Waals surface area contributed by atoms with Crippen LogP contribution < -0.4 is 10.1 Å². The summed E-state index contributed by atoms with van der Waals surface area (Å²) in [5.41, 5.74) is 1.79. The van der Waals surface area contributed by atoms with Gasteiger partial charge in [0.15, 0.2) is 0 Å². The fraction of sp³-hybridized carbons (Fsp3) is 0.227. The molecule has 1 N–H and O–H groups in total. The topological polar surface area (TPSA) is 38.3 Å². The number of nitrogens with one attached hydrogen (secondary N) is 1. The predicted octanol–water partition coefficient (Wildman–Crippen LogP) is 5.06. The van der Waals surface area contributed by atoms with Crippen LogP contribution in [0.15, 0.2) is 66.7 Å². The van der Waals surface area contributed by atoms with Crippen molar-refractivity contribution in [1.82, 2.24) is 0 Å². The Kier molecular flexibility index (Phi) is 5.34. The number of rotatable bonds is 6. The maximum Gasteiger partial charge on any atom is 0.228 e. The van der Waals surface area contributed by atoms with Crippen molar-refractivity contribution in [3.05, 3.63) is 72.3 Å². The van der Waals surface area contributed by atoms with Crippen molar-refractivity contribution in [3.63, 3.8) is 0 Å². The Balaban J connectivity index is 1.69. The maximum absolute atomic E-state index is 12.5. The van der Waals surface area contributed by atoms with Crippen molar-refractivity contribution < 1.29 is 9.53 Å². The molecule has 3 heteroatoms. The second-order valence-corrected chi connectivity index (χ2v) is 6.60. The number of anilines is 1. The van der Waals surface area contributed by atoms with E-state index in [1.807, 2.05) is 48.5 Å². The third kappa shape index (κ3) is 4.60. The Hall–Kier alpha value is -2.81. The van der Waals surface area contributed by atoms with Gasteiger partial charge in [0.1, 0.15) is 5.75 Å². The highest BCUT2D eigenvalue weighted by molar-refractivity contribution is 5.96. The van der Waals surface area contributed by atoms with Crippen LogP contribution in [0.25, 0.3) is 10.8 Å². The lowest BCUT2D eigenvalue weighted by molar-refractivity contribution is -0.115. The summed E-state index contributed by atoms with van der Waals surface area (Å²) in [6.07, 6.45) is 0.346. The van der Waals surface area contributed by atoms with Crippen LogP contribution in [0.1, 0.15) is 19.4 Å². The predicted molar refractivity (Wildman–Crippen MR) is 103 cm³/mol. The molecule has 1 amide bonds. The summed E-state index contributed by atoms with van der Waals surface area (Å²) < 4.78 is 5.71. The van der Waals surface area contributed by atoms with Gasteiger partial charge in [0.25, 0.3) is 0 Å². The van der Waals surface area contributed by atoms with Crippen molar-refractivity contribution in [2.45, 2.75) is 20.3 Å². The van der Waals surface area contributed by atoms with Crippen LogP contribution in [0.4, 0.5) is 5.69 Å². The van der Waals surface area contributed by atoms with E-state index in [9.17, 15) is 4.79 Å². The molecule has 0 heterocycles. The number of benzene rings is 3. The molecule has 0 aromatic heterocycles. The van der Waals surface area contributed by atoms with E-state index in [4.69, 9.17) is 4.74 Å². The lowest BCUT2D eigenvalue weighted by Gasteiger charge is -2.11. The Bertz CT molecular complexity index is 865. The van der Waals surface area contributed by atoms with Crippen molar-refractivity contribution in [2.75, 3.05) is 11.9 Å². The van der Waals surface area contributed by atoms with E-state index < -0.39 is 0 Å². The minimum Gasteiger partial charge on any atom is -0.493 e. The number of ether oxygens (including phenoxy) is 1. The molecule has 0 bridgehead atoms. The molecule has 3 aromatic carbocycles. The summed E-state index contributed by atoms with van der Waals surface area (Å²) in [7, 11) is 0. The first-order valence-electron chi connectivity index (χ1n) is 8.61. The lowest BCUT2D eigenvalue weighted by Crippen LogP contribution is -2.14. The molecule has 0 aliphatic rings. The highest BCUT2D eigenvalue weighted by Gasteiger charge is 2.08. The molecule has 0 fully saturated rings. The number of carbonyl (C=O) groups is 1. The molecule has 0 atom stereocenters. The fourth-order valence-corrected chi connectivity index (χ4v) is 2.75. The van der Waals surface area contributed by atoms with E-state index in [1.54, 1.807) is 0 Å². The monoisotopic (exact) mass is 333 g/mol. The lowest BCUT2D eigenvalue weighted by atomic mass is 10.0. The van der Waals surface area contributed by atoms with Crippen LogP contribution in [-0.4, -0.2) is 12.5 Å². The first kappa shape index (κ1) is 17.0. The molecule has 0 aliphatic carbocycles. The van der Waals surface area contributed by atoms with Gasteiger partial charge in [-0.15, -0.1) is 0 Å². The zero-order chi connectivity index (χ0) is 17.6. The van der Waals surface area contributed by atoms with Gasteiger partial charge in [-0.05, 0) is 34.4 Å². The fourth-order valence-electron chi connectivity index (χ4n) is 2.75. The first-order chi connectivity index (χ1) is 12.1. The van der Waals surface area contributed by atoms with Gasteiger partial charge < -0.3 is 10.1 Å². The molecule has 0 unspecified atom stereocenters. The molecule has 0 saturated heterocycles. The highest BCUT2D eigenvalue weighted by atomic mass is 16.5. The van der Waals surface area contributed by atoms with Gasteiger partial charge in [-0.1, -0.05) is 62.4 Å². The van der Waals surface area contributed by atoms with Gasteiger partial charge in [0.05, 0.1) is 13.0 Å². The summed E-state index contributed by atoms with van der Waals surface area (Å²) >= 11 is 0. The minimum atomic E-state index is -0.0302. The number of amides is 1. The first-order valence-corrected chi connectivity index (χ1v) is 8.61. The van der Waals surface area contributed by atoms with Crippen LogP contribution in [0.5, 0.6) is 5.75 Å². The van der Waals surface area contributed by atoms with Crippen LogP contribution in [0, 0.1) is 5.92 Å². The van der Waals surface area contributed by atoms with Gasteiger partial charge in [0.2, 0.25) is 5.91 Å². The Morgan fingerprint density at radius 1 is 1.00 bits per heavy atom. The molecule has 3 nitrogen and oxygen atoms in total. The summed E-state index contributed by atoms with van der Waals surface area (Å²) in [4.78, 5) is 12.5. The molecule has 25 heavy (non-hydrogen) atoms. The van der Waals surface area contributed by atoms with Gasteiger partial charge in [-0.3, -0.25) is 4.79 Å². The Morgan fingerprint density at radius 2 is 1.76 bits per heavy atom. The van der Waals surface area contributed by atoms with Crippen molar-refractivity contribution in [2.24, 2.45) is 5.92 Å². The maximum atomic E-state index is 12.5. The van der Waals surface area contributed by atoms with Gasteiger partial charge in [-0.25, -0.2) is 0 Å². The molecule has 3 rings (SSSR count). The molecule has 0 spiro atoms. The standard InChI is InChI=1S/C22H23NO2/c1-16(2)15-25-20-11-6-10-19(14-20)23-22(24)13-18-9-5-8-17-7-3-4-12-21(17)18/h3-12,14,16H,13,15H2,1-2H3,(H,23,24). The molecular weight excluding hydrogens is 310 g/mol. The Labute approximate surface area is 148 Å². The minimum absolute atomic E-state index is 0.0302. The van der Waals surface area contributed by atoms with E-state index in [0.29, 0.717) is 18.9 Å². The average molecular weight is 333 g/mol. The molecular formula is C22H23NO2. The Morgan fingerprint density at radius 3 is 2.60 bits per heavy atom. The molecule has 0 radical (unpaired) electrons. The van der Waals surface area contributed by atoms with Gasteiger partial charge in [0, 0.05) is 11.8 Å². The molecule has 128 valence electrons. The average Bonchev–Trinajstić information content (AvgIpc) is 2.60. The van der Waals surface area contributed by atoms with Crippen LogP contribution >= 0.6 is 0 Å². The van der Waals surface area contributed by atoms with Crippen LogP contribution in [0.2, 0.25) is 0 Å². The quantitative estimate of drug-likeness (QED) is 0.685. The van der Waals surface area contributed by atoms with E-state index >= 15 is 0 Å². The van der Waals surface area contributed by atoms with Gasteiger partial charge in [-0.2, -0.15) is 0 Å². The highest BCUT2D eigenvalue weighted by Crippen LogP contribution is 2.21. The van der Waals surface area contributed by atoms with Crippen molar-refractivity contribution in [3.8, 4) is 5.75 Å². The van der Waals surface area contributed by atoms with Crippen LogP contribution in [0.3, 0.4) is 0 Å².